The highest BCUT2D eigenvalue weighted by atomic mass is 17.0. The fourth-order valence-corrected chi connectivity index (χ4v) is 0.812. The molecule has 0 saturated carbocycles. The van der Waals surface area contributed by atoms with Gasteiger partial charge in [0.1, 0.15) is 0 Å². The summed E-state index contributed by atoms with van der Waals surface area (Å²) in [5.41, 5.74) is 0. The van der Waals surface area contributed by atoms with Gasteiger partial charge in [0, 0.05) is 20.5 Å². The summed E-state index contributed by atoms with van der Waals surface area (Å²) in [4.78, 5) is 22.8. The van der Waals surface area contributed by atoms with Crippen LogP contribution >= 0.6 is 0 Å². The number of hydrogen-bond donors (Lipinski definition) is 0. The second-order valence-corrected chi connectivity index (χ2v) is 2.97. The van der Waals surface area contributed by atoms with Gasteiger partial charge in [-0.2, -0.15) is 0 Å². The summed E-state index contributed by atoms with van der Waals surface area (Å²) in [6.45, 7) is 2.43. The van der Waals surface area contributed by atoms with Crippen LogP contribution in [0.25, 0.3) is 0 Å². The highest BCUT2D eigenvalue weighted by Crippen LogP contribution is 2.11. The van der Waals surface area contributed by atoms with Crippen LogP contribution in [0.15, 0.2) is 0 Å². The number of nitrogens with zero attached hydrogens (tertiary/aromatic N) is 2. The predicted octanol–water partition coefficient (Wildman–Crippen LogP) is 0.625. The molecule has 0 spiro atoms. The summed E-state index contributed by atoms with van der Waals surface area (Å²) < 4.78 is 0. The van der Waals surface area contributed by atoms with E-state index in [0.717, 1.165) is 11.6 Å². The Morgan fingerprint density at radius 2 is 2.25 bits per heavy atom. The number of amides is 2. The molecular formula is C7H14N2O3. The van der Waals surface area contributed by atoms with Crippen LogP contribution in [0, 0.1) is 0 Å². The van der Waals surface area contributed by atoms with Crippen molar-refractivity contribution in [2.24, 2.45) is 0 Å². The third-order valence-electron chi connectivity index (χ3n) is 1.55. The monoisotopic (exact) mass is 174 g/mol. The van der Waals surface area contributed by atoms with E-state index in [4.69, 9.17) is 9.68 Å². The first-order valence-corrected chi connectivity index (χ1v) is 3.92. The Hall–Kier alpha value is -0.810. The summed E-state index contributed by atoms with van der Waals surface area (Å²) in [5, 5.41) is 0.939. The lowest BCUT2D eigenvalue weighted by Gasteiger charge is -2.30. The van der Waals surface area contributed by atoms with Crippen molar-refractivity contribution < 1.29 is 14.5 Å². The first-order chi connectivity index (χ1) is 5.61. The van der Waals surface area contributed by atoms with Crippen molar-refractivity contribution in [1.82, 2.24) is 10.1 Å². The van der Waals surface area contributed by atoms with E-state index in [-0.39, 0.29) is 12.1 Å². The number of carbonyl (C=O) groups is 1. The topological polar surface area (TPSA) is 42.0 Å². The fourth-order valence-electron chi connectivity index (χ4n) is 0.812. The number of hydrogen-bond acceptors (Lipinski definition) is 3. The van der Waals surface area contributed by atoms with Gasteiger partial charge in [0.25, 0.3) is 0 Å². The second kappa shape index (κ2) is 3.73. The minimum absolute atomic E-state index is 0.0441. The maximum absolute atomic E-state index is 11.2. The molecule has 1 fully saturated rings. The molecule has 1 aliphatic heterocycles. The average molecular weight is 174 g/mol. The van der Waals surface area contributed by atoms with Gasteiger partial charge in [-0.15, -0.1) is 0 Å². The molecule has 5 heteroatoms. The molecule has 0 aromatic rings. The third kappa shape index (κ3) is 2.09. The molecule has 0 aliphatic carbocycles. The fraction of sp³-hybridized carbons (Fsp3) is 0.857. The number of rotatable bonds is 0. The van der Waals surface area contributed by atoms with Gasteiger partial charge in [-0.05, 0) is 6.92 Å². The predicted molar refractivity (Wildman–Crippen MR) is 42.0 cm³/mol. The van der Waals surface area contributed by atoms with Crippen molar-refractivity contribution in [3.05, 3.63) is 0 Å². The van der Waals surface area contributed by atoms with Crippen molar-refractivity contribution in [3.63, 3.8) is 0 Å². The van der Waals surface area contributed by atoms with Crippen molar-refractivity contribution in [2.75, 3.05) is 20.7 Å². The maximum atomic E-state index is 11.2. The van der Waals surface area contributed by atoms with Gasteiger partial charge >= 0.3 is 6.03 Å². The molecule has 5 nitrogen and oxygen atoms in total. The Labute approximate surface area is 71.7 Å². The van der Waals surface area contributed by atoms with Crippen LogP contribution in [-0.2, 0) is 9.68 Å². The van der Waals surface area contributed by atoms with E-state index in [1.165, 1.54) is 4.90 Å². The third-order valence-corrected chi connectivity index (χ3v) is 1.55. The normalized spacial score (nSPS) is 23.9. The molecule has 1 saturated heterocycles. The number of urea groups is 1. The lowest BCUT2D eigenvalue weighted by Crippen LogP contribution is -2.44. The molecule has 70 valence electrons. The number of carbonyl (C=O) groups excluding carboxylic acids is 1. The van der Waals surface area contributed by atoms with Crippen LogP contribution in [0.1, 0.15) is 13.3 Å². The van der Waals surface area contributed by atoms with Crippen molar-refractivity contribution in [1.29, 1.82) is 0 Å². The Morgan fingerprint density at radius 1 is 1.58 bits per heavy atom. The zero-order valence-corrected chi connectivity index (χ0v) is 7.61. The second-order valence-electron chi connectivity index (χ2n) is 2.97. The molecule has 1 heterocycles. The van der Waals surface area contributed by atoms with Gasteiger partial charge in [-0.25, -0.2) is 14.5 Å². The highest BCUT2D eigenvalue weighted by Gasteiger charge is 2.24. The van der Waals surface area contributed by atoms with E-state index >= 15 is 0 Å². The first-order valence-electron chi connectivity index (χ1n) is 3.92. The SMILES string of the molecule is CC1CCON(C(=O)N(C)C)O1. The number of hydroxylamine groups is 2. The maximum Gasteiger partial charge on any atom is 0.369 e. The van der Waals surface area contributed by atoms with Crippen LogP contribution in [0.3, 0.4) is 0 Å². The van der Waals surface area contributed by atoms with E-state index < -0.39 is 0 Å². The van der Waals surface area contributed by atoms with E-state index in [1.807, 2.05) is 6.92 Å². The molecule has 1 unspecified atom stereocenters. The summed E-state index contributed by atoms with van der Waals surface area (Å²) in [7, 11) is 3.29. The van der Waals surface area contributed by atoms with E-state index in [0.29, 0.717) is 6.61 Å². The van der Waals surface area contributed by atoms with Gasteiger partial charge in [-0.1, -0.05) is 5.23 Å². The summed E-state index contributed by atoms with van der Waals surface area (Å²) in [5.74, 6) is 0. The molecule has 1 aliphatic rings. The first kappa shape index (κ1) is 9.28. The standard InChI is InChI=1S/C7H14N2O3/c1-6-4-5-11-9(12-6)7(10)8(2)3/h6H,4-5H2,1-3H3. The Morgan fingerprint density at radius 3 is 2.75 bits per heavy atom. The van der Waals surface area contributed by atoms with Crippen LogP contribution < -0.4 is 0 Å². The van der Waals surface area contributed by atoms with Gasteiger partial charge in [0.05, 0.1) is 12.7 Å². The van der Waals surface area contributed by atoms with Gasteiger partial charge in [0.2, 0.25) is 0 Å². The molecular weight excluding hydrogens is 160 g/mol. The lowest BCUT2D eigenvalue weighted by molar-refractivity contribution is -0.376. The zero-order valence-electron chi connectivity index (χ0n) is 7.61. The molecule has 12 heavy (non-hydrogen) atoms. The Kier molecular flexibility index (Phi) is 2.88. The van der Waals surface area contributed by atoms with Crippen LogP contribution in [0.5, 0.6) is 0 Å². The van der Waals surface area contributed by atoms with Gasteiger partial charge in [-0.3, -0.25) is 0 Å². The molecule has 1 atom stereocenters. The molecule has 2 amide bonds. The van der Waals surface area contributed by atoms with Crippen LogP contribution in [-0.4, -0.2) is 43.0 Å². The average Bonchev–Trinajstić information content (AvgIpc) is 2.03. The zero-order chi connectivity index (χ0) is 9.14. The van der Waals surface area contributed by atoms with Crippen LogP contribution in [0.2, 0.25) is 0 Å². The highest BCUT2D eigenvalue weighted by molar-refractivity contribution is 5.71. The van der Waals surface area contributed by atoms with Crippen molar-refractivity contribution in [2.45, 2.75) is 19.4 Å². The van der Waals surface area contributed by atoms with Gasteiger partial charge < -0.3 is 4.90 Å². The smallest absolute Gasteiger partial charge is 0.327 e. The summed E-state index contributed by atoms with van der Waals surface area (Å²) in [6.07, 6.45) is 0.861. The van der Waals surface area contributed by atoms with E-state index in [2.05, 4.69) is 0 Å². The Bertz CT molecular complexity index is 172. The molecule has 0 N–H and O–H groups in total. The van der Waals surface area contributed by atoms with E-state index in [1.54, 1.807) is 14.1 Å². The molecule has 1 rings (SSSR count). The lowest BCUT2D eigenvalue weighted by atomic mass is 10.3. The molecule has 0 radical (unpaired) electrons. The Balaban J connectivity index is 2.46. The van der Waals surface area contributed by atoms with Gasteiger partial charge in [0.15, 0.2) is 0 Å². The minimum atomic E-state index is -0.290. The van der Waals surface area contributed by atoms with Crippen LogP contribution in [0.4, 0.5) is 4.79 Å². The quantitative estimate of drug-likeness (QED) is 0.540. The minimum Gasteiger partial charge on any atom is -0.327 e. The van der Waals surface area contributed by atoms with Crippen molar-refractivity contribution in [3.8, 4) is 0 Å². The van der Waals surface area contributed by atoms with E-state index in [9.17, 15) is 4.79 Å². The molecule has 0 aromatic heterocycles. The van der Waals surface area contributed by atoms with Crippen molar-refractivity contribution >= 4 is 6.03 Å². The summed E-state index contributed by atoms with van der Waals surface area (Å²) >= 11 is 0. The molecule has 0 bridgehead atoms. The summed E-state index contributed by atoms with van der Waals surface area (Å²) in [6, 6.07) is -0.290. The largest absolute Gasteiger partial charge is 0.369 e. The molecule has 0 aromatic carbocycles.